The molecule has 2 amide bonds. The Morgan fingerprint density at radius 3 is 2.43 bits per heavy atom. The van der Waals surface area contributed by atoms with Crippen molar-refractivity contribution in [2.75, 3.05) is 18.4 Å². The van der Waals surface area contributed by atoms with Crippen LogP contribution in [0.2, 0.25) is 0 Å². The minimum atomic E-state index is -0.0292. The van der Waals surface area contributed by atoms with E-state index < -0.39 is 0 Å². The first-order valence-electron chi connectivity index (χ1n) is 8.79. The second-order valence-electron chi connectivity index (χ2n) is 6.72. The molecule has 1 aromatic rings. The number of aromatic nitrogens is 2. The zero-order valence-corrected chi connectivity index (χ0v) is 13.9. The van der Waals surface area contributed by atoms with Crippen molar-refractivity contribution >= 4 is 17.6 Å². The third-order valence-corrected chi connectivity index (χ3v) is 4.97. The molecule has 2 heterocycles. The average molecular weight is 318 g/mol. The molecule has 2 aliphatic rings. The van der Waals surface area contributed by atoms with Crippen molar-refractivity contribution in [2.24, 2.45) is 13.0 Å². The fraction of sp³-hybridized carbons (Fsp3) is 0.706. The van der Waals surface area contributed by atoms with Gasteiger partial charge in [0.2, 0.25) is 5.91 Å². The molecular formula is C17H26N4O2. The molecule has 0 radical (unpaired) electrons. The lowest BCUT2D eigenvalue weighted by Crippen LogP contribution is -2.35. The fourth-order valence-corrected chi connectivity index (χ4v) is 3.54. The number of likely N-dealkylation sites (tertiary alicyclic amines) is 1. The predicted molar refractivity (Wildman–Crippen MR) is 88.2 cm³/mol. The Morgan fingerprint density at radius 2 is 1.74 bits per heavy atom. The van der Waals surface area contributed by atoms with Gasteiger partial charge in [0.1, 0.15) is 5.82 Å². The van der Waals surface area contributed by atoms with Crippen LogP contribution in [0.5, 0.6) is 0 Å². The summed E-state index contributed by atoms with van der Waals surface area (Å²) in [4.78, 5) is 26.7. The fourth-order valence-electron chi connectivity index (χ4n) is 3.54. The molecule has 3 rings (SSSR count). The van der Waals surface area contributed by atoms with Crippen LogP contribution >= 0.6 is 0 Å². The van der Waals surface area contributed by atoms with E-state index in [1.807, 2.05) is 4.90 Å². The van der Waals surface area contributed by atoms with Crippen LogP contribution in [0, 0.1) is 5.92 Å². The monoisotopic (exact) mass is 318 g/mol. The molecule has 6 nitrogen and oxygen atoms in total. The van der Waals surface area contributed by atoms with Gasteiger partial charge in [0.15, 0.2) is 5.69 Å². The molecule has 1 aromatic heterocycles. The number of anilines is 1. The molecule has 1 saturated heterocycles. The molecule has 126 valence electrons. The number of carbonyl (C=O) groups excluding carboxylic acids is 2. The quantitative estimate of drug-likeness (QED) is 0.931. The lowest BCUT2D eigenvalue weighted by atomic mass is 9.89. The Kier molecular flexibility index (Phi) is 4.98. The van der Waals surface area contributed by atoms with Crippen molar-refractivity contribution in [1.82, 2.24) is 14.7 Å². The number of aryl methyl sites for hydroxylation is 1. The molecule has 0 spiro atoms. The highest BCUT2D eigenvalue weighted by Gasteiger charge is 2.24. The highest BCUT2D eigenvalue weighted by Crippen LogP contribution is 2.25. The predicted octanol–water partition coefficient (Wildman–Crippen LogP) is 2.57. The largest absolute Gasteiger partial charge is 0.337 e. The summed E-state index contributed by atoms with van der Waals surface area (Å²) in [5.41, 5.74) is 0.424. The standard InChI is InChI=1S/C17H26N4O2/c1-20-15(18-16(22)13-8-4-2-5-9-13)12-14(19-20)17(23)21-10-6-3-7-11-21/h12-13H,2-11H2,1H3,(H,18,22). The van der Waals surface area contributed by atoms with Crippen LogP contribution in [0.25, 0.3) is 0 Å². The van der Waals surface area contributed by atoms with E-state index >= 15 is 0 Å². The molecule has 1 N–H and O–H groups in total. The maximum Gasteiger partial charge on any atom is 0.274 e. The molecule has 0 atom stereocenters. The van der Waals surface area contributed by atoms with E-state index in [9.17, 15) is 9.59 Å². The number of piperidine rings is 1. The highest BCUT2D eigenvalue weighted by molar-refractivity contribution is 5.96. The van der Waals surface area contributed by atoms with Crippen LogP contribution < -0.4 is 5.32 Å². The average Bonchev–Trinajstić information content (AvgIpc) is 2.96. The lowest BCUT2D eigenvalue weighted by molar-refractivity contribution is -0.120. The highest BCUT2D eigenvalue weighted by atomic mass is 16.2. The van der Waals surface area contributed by atoms with Gasteiger partial charge in [-0.2, -0.15) is 5.10 Å². The van der Waals surface area contributed by atoms with E-state index in [-0.39, 0.29) is 17.7 Å². The molecule has 0 unspecified atom stereocenters. The molecule has 0 bridgehead atoms. The number of nitrogens with zero attached hydrogens (tertiary/aromatic N) is 3. The third-order valence-electron chi connectivity index (χ3n) is 4.97. The molecule has 1 aliphatic heterocycles. The summed E-state index contributed by atoms with van der Waals surface area (Å²) < 4.78 is 1.60. The summed E-state index contributed by atoms with van der Waals surface area (Å²) >= 11 is 0. The van der Waals surface area contributed by atoms with E-state index in [1.165, 1.54) is 12.8 Å². The van der Waals surface area contributed by atoms with Crippen LogP contribution in [0.4, 0.5) is 5.82 Å². The van der Waals surface area contributed by atoms with Gasteiger partial charge in [-0.1, -0.05) is 19.3 Å². The first kappa shape index (κ1) is 16.0. The SMILES string of the molecule is Cn1nc(C(=O)N2CCCCC2)cc1NC(=O)C1CCCCC1. The third kappa shape index (κ3) is 3.74. The van der Waals surface area contributed by atoms with E-state index in [1.54, 1.807) is 17.8 Å². The second-order valence-corrected chi connectivity index (χ2v) is 6.72. The van der Waals surface area contributed by atoms with Crippen LogP contribution in [0.15, 0.2) is 6.07 Å². The van der Waals surface area contributed by atoms with Crippen LogP contribution in [0.1, 0.15) is 61.9 Å². The van der Waals surface area contributed by atoms with Gasteiger partial charge in [-0.25, -0.2) is 0 Å². The Bertz CT molecular complexity index is 569. The van der Waals surface area contributed by atoms with Gasteiger partial charge in [0.25, 0.3) is 5.91 Å². The van der Waals surface area contributed by atoms with Gasteiger partial charge in [-0.3, -0.25) is 14.3 Å². The van der Waals surface area contributed by atoms with Gasteiger partial charge in [-0.05, 0) is 32.1 Å². The first-order valence-corrected chi connectivity index (χ1v) is 8.79. The van der Waals surface area contributed by atoms with Crippen LogP contribution in [0.3, 0.4) is 0 Å². The molecular weight excluding hydrogens is 292 g/mol. The normalized spacial score (nSPS) is 19.6. The summed E-state index contributed by atoms with van der Waals surface area (Å²) in [6, 6.07) is 1.71. The number of hydrogen-bond donors (Lipinski definition) is 1. The maximum atomic E-state index is 12.5. The smallest absolute Gasteiger partial charge is 0.274 e. The van der Waals surface area contributed by atoms with E-state index in [0.29, 0.717) is 11.5 Å². The lowest BCUT2D eigenvalue weighted by Gasteiger charge is -2.25. The van der Waals surface area contributed by atoms with E-state index in [0.717, 1.165) is 51.6 Å². The summed E-state index contributed by atoms with van der Waals surface area (Å²) in [5, 5.41) is 7.24. The topological polar surface area (TPSA) is 67.2 Å². The molecule has 0 aromatic carbocycles. The van der Waals surface area contributed by atoms with Crippen molar-refractivity contribution in [2.45, 2.75) is 51.4 Å². The zero-order chi connectivity index (χ0) is 16.2. The molecule has 23 heavy (non-hydrogen) atoms. The first-order chi connectivity index (χ1) is 11.1. The number of hydrogen-bond acceptors (Lipinski definition) is 3. The van der Waals surface area contributed by atoms with E-state index in [2.05, 4.69) is 10.4 Å². The van der Waals surface area contributed by atoms with Gasteiger partial charge in [-0.15, -0.1) is 0 Å². The summed E-state index contributed by atoms with van der Waals surface area (Å²) in [5.74, 6) is 0.740. The van der Waals surface area contributed by atoms with Crippen molar-refractivity contribution < 1.29 is 9.59 Å². The van der Waals surface area contributed by atoms with Gasteiger partial charge >= 0.3 is 0 Å². The Hall–Kier alpha value is -1.85. The second kappa shape index (κ2) is 7.15. The maximum absolute atomic E-state index is 12.5. The van der Waals surface area contributed by atoms with E-state index in [4.69, 9.17) is 0 Å². The summed E-state index contributed by atoms with van der Waals surface area (Å²) in [6.07, 6.45) is 8.71. The van der Waals surface area contributed by atoms with Gasteiger partial charge in [0.05, 0.1) is 0 Å². The van der Waals surface area contributed by atoms with Crippen molar-refractivity contribution in [3.8, 4) is 0 Å². The Morgan fingerprint density at radius 1 is 1.09 bits per heavy atom. The minimum absolute atomic E-state index is 0.0292. The molecule has 1 aliphatic carbocycles. The number of nitrogens with one attached hydrogen (secondary N) is 1. The van der Waals surface area contributed by atoms with Gasteiger partial charge in [0, 0.05) is 32.1 Å². The van der Waals surface area contributed by atoms with Crippen molar-refractivity contribution in [3.05, 3.63) is 11.8 Å². The van der Waals surface area contributed by atoms with Gasteiger partial charge < -0.3 is 10.2 Å². The Labute approximate surface area is 137 Å². The summed E-state index contributed by atoms with van der Waals surface area (Å²) in [6.45, 7) is 1.61. The summed E-state index contributed by atoms with van der Waals surface area (Å²) in [7, 11) is 1.77. The van der Waals surface area contributed by atoms with Crippen molar-refractivity contribution in [1.29, 1.82) is 0 Å². The number of rotatable bonds is 3. The van der Waals surface area contributed by atoms with Crippen LogP contribution in [-0.4, -0.2) is 39.6 Å². The van der Waals surface area contributed by atoms with Crippen molar-refractivity contribution in [3.63, 3.8) is 0 Å². The Balaban J connectivity index is 1.65. The zero-order valence-electron chi connectivity index (χ0n) is 13.9. The molecule has 1 saturated carbocycles. The van der Waals surface area contributed by atoms with Crippen LogP contribution in [-0.2, 0) is 11.8 Å². The number of amides is 2. The molecule has 6 heteroatoms. The molecule has 2 fully saturated rings. The number of carbonyl (C=O) groups is 2. The minimum Gasteiger partial charge on any atom is -0.337 e.